The van der Waals surface area contributed by atoms with Gasteiger partial charge in [0.05, 0.1) is 5.92 Å². The molecule has 20 heavy (non-hydrogen) atoms. The van der Waals surface area contributed by atoms with Crippen molar-refractivity contribution in [2.24, 2.45) is 11.7 Å². The van der Waals surface area contributed by atoms with Crippen LogP contribution in [0.1, 0.15) is 25.3 Å². The van der Waals surface area contributed by atoms with Gasteiger partial charge in [-0.2, -0.15) is 8.78 Å². The van der Waals surface area contributed by atoms with E-state index in [2.05, 4.69) is 10.1 Å². The molecule has 0 radical (unpaired) electrons. The lowest BCUT2D eigenvalue weighted by molar-refractivity contribution is -0.125. The van der Waals surface area contributed by atoms with E-state index in [1.165, 1.54) is 12.1 Å². The highest BCUT2D eigenvalue weighted by molar-refractivity contribution is 5.78. The molecule has 112 valence electrons. The number of carbonyl (C=O) groups is 1. The maximum Gasteiger partial charge on any atom is 0.387 e. The SMILES string of the molecule is CCCC(CN)C(=O)NCc1ccc(OC(F)F)cc1. The molecule has 0 aliphatic heterocycles. The number of hydrogen-bond acceptors (Lipinski definition) is 3. The maximum atomic E-state index is 12.0. The minimum absolute atomic E-state index is 0.0812. The molecule has 1 rings (SSSR count). The molecule has 0 heterocycles. The van der Waals surface area contributed by atoms with Crippen molar-refractivity contribution >= 4 is 5.91 Å². The fourth-order valence-electron chi connectivity index (χ4n) is 1.83. The molecule has 1 atom stereocenters. The molecular weight excluding hydrogens is 266 g/mol. The second kappa shape index (κ2) is 8.47. The van der Waals surface area contributed by atoms with Crippen LogP contribution in [0.5, 0.6) is 5.75 Å². The van der Waals surface area contributed by atoms with E-state index in [1.807, 2.05) is 6.92 Å². The third-order valence-corrected chi connectivity index (χ3v) is 2.91. The molecule has 0 aliphatic rings. The summed E-state index contributed by atoms with van der Waals surface area (Å²) >= 11 is 0. The molecule has 0 saturated carbocycles. The van der Waals surface area contributed by atoms with E-state index in [0.717, 1.165) is 18.4 Å². The molecule has 6 heteroatoms. The minimum Gasteiger partial charge on any atom is -0.435 e. The van der Waals surface area contributed by atoms with E-state index in [-0.39, 0.29) is 17.6 Å². The highest BCUT2D eigenvalue weighted by atomic mass is 19.3. The van der Waals surface area contributed by atoms with E-state index in [4.69, 9.17) is 5.73 Å². The molecule has 1 amide bonds. The van der Waals surface area contributed by atoms with Crippen LogP contribution in [-0.2, 0) is 11.3 Å². The van der Waals surface area contributed by atoms with Gasteiger partial charge in [0, 0.05) is 13.1 Å². The smallest absolute Gasteiger partial charge is 0.387 e. The van der Waals surface area contributed by atoms with Gasteiger partial charge >= 0.3 is 6.61 Å². The van der Waals surface area contributed by atoms with Crippen LogP contribution in [-0.4, -0.2) is 19.1 Å². The lowest BCUT2D eigenvalue weighted by atomic mass is 10.0. The predicted molar refractivity (Wildman–Crippen MR) is 72.4 cm³/mol. The molecule has 0 fully saturated rings. The maximum absolute atomic E-state index is 12.0. The third-order valence-electron chi connectivity index (χ3n) is 2.91. The summed E-state index contributed by atoms with van der Waals surface area (Å²) < 4.78 is 28.2. The number of halogens is 2. The summed E-state index contributed by atoms with van der Waals surface area (Å²) in [6.45, 7) is -0.174. The van der Waals surface area contributed by atoms with Crippen LogP contribution < -0.4 is 15.8 Å². The van der Waals surface area contributed by atoms with Crippen LogP contribution in [0.4, 0.5) is 8.78 Å². The van der Waals surface area contributed by atoms with Crippen LogP contribution in [0.2, 0.25) is 0 Å². The van der Waals surface area contributed by atoms with Crippen molar-refractivity contribution in [1.29, 1.82) is 0 Å². The first-order chi connectivity index (χ1) is 9.56. The molecular formula is C14H20F2N2O2. The van der Waals surface area contributed by atoms with Crippen molar-refractivity contribution in [2.45, 2.75) is 32.9 Å². The summed E-state index contributed by atoms with van der Waals surface area (Å²) in [5, 5.41) is 2.79. The molecule has 1 aromatic carbocycles. The van der Waals surface area contributed by atoms with Gasteiger partial charge in [-0.1, -0.05) is 25.5 Å². The van der Waals surface area contributed by atoms with Gasteiger partial charge in [-0.15, -0.1) is 0 Å². The van der Waals surface area contributed by atoms with Gasteiger partial charge in [-0.25, -0.2) is 0 Å². The zero-order valence-electron chi connectivity index (χ0n) is 11.4. The van der Waals surface area contributed by atoms with E-state index >= 15 is 0 Å². The number of rotatable bonds is 8. The molecule has 0 spiro atoms. The van der Waals surface area contributed by atoms with E-state index in [1.54, 1.807) is 12.1 Å². The van der Waals surface area contributed by atoms with Crippen LogP contribution in [0, 0.1) is 5.92 Å². The Hall–Kier alpha value is -1.69. The Morgan fingerprint density at radius 2 is 2.00 bits per heavy atom. The quantitative estimate of drug-likeness (QED) is 0.770. The van der Waals surface area contributed by atoms with Crippen LogP contribution in [0.3, 0.4) is 0 Å². The molecule has 0 bridgehead atoms. The van der Waals surface area contributed by atoms with Crippen molar-refractivity contribution in [2.75, 3.05) is 6.54 Å². The summed E-state index contributed by atoms with van der Waals surface area (Å²) in [4.78, 5) is 11.8. The Balaban J connectivity index is 2.47. The number of carbonyl (C=O) groups excluding carboxylic acids is 1. The van der Waals surface area contributed by atoms with Gasteiger partial charge in [0.1, 0.15) is 5.75 Å². The Labute approximate surface area is 117 Å². The first-order valence-corrected chi connectivity index (χ1v) is 6.58. The molecule has 0 aliphatic carbocycles. The number of nitrogens with one attached hydrogen (secondary N) is 1. The lowest BCUT2D eigenvalue weighted by Crippen LogP contribution is -2.34. The highest BCUT2D eigenvalue weighted by Gasteiger charge is 2.15. The lowest BCUT2D eigenvalue weighted by Gasteiger charge is -2.14. The summed E-state index contributed by atoms with van der Waals surface area (Å²) in [5.41, 5.74) is 6.36. The normalized spacial score (nSPS) is 12.2. The number of benzene rings is 1. The van der Waals surface area contributed by atoms with Gasteiger partial charge in [0.25, 0.3) is 0 Å². The highest BCUT2D eigenvalue weighted by Crippen LogP contribution is 2.15. The van der Waals surface area contributed by atoms with E-state index in [9.17, 15) is 13.6 Å². The number of amides is 1. The minimum atomic E-state index is -2.83. The van der Waals surface area contributed by atoms with Crippen molar-refractivity contribution in [3.8, 4) is 5.75 Å². The largest absolute Gasteiger partial charge is 0.435 e. The topological polar surface area (TPSA) is 64.4 Å². The van der Waals surface area contributed by atoms with E-state index < -0.39 is 6.61 Å². The Kier molecular flexibility index (Phi) is 6.93. The zero-order chi connectivity index (χ0) is 15.0. The standard InChI is InChI=1S/C14H20F2N2O2/c1-2-3-11(8-17)13(19)18-9-10-4-6-12(7-5-10)20-14(15)16/h4-7,11,14H,2-3,8-9,17H2,1H3,(H,18,19). The average molecular weight is 286 g/mol. The van der Waals surface area contributed by atoms with Crippen LogP contribution in [0.25, 0.3) is 0 Å². The number of nitrogens with two attached hydrogens (primary N) is 1. The molecule has 1 unspecified atom stereocenters. The first-order valence-electron chi connectivity index (χ1n) is 6.58. The second-order valence-electron chi connectivity index (χ2n) is 4.46. The van der Waals surface area contributed by atoms with Gasteiger partial charge in [0.2, 0.25) is 5.91 Å². The summed E-state index contributed by atoms with van der Waals surface area (Å²) in [6, 6.07) is 6.16. The van der Waals surface area contributed by atoms with Gasteiger partial charge in [-0.3, -0.25) is 4.79 Å². The molecule has 0 aromatic heterocycles. The van der Waals surface area contributed by atoms with Crippen molar-refractivity contribution in [3.63, 3.8) is 0 Å². The molecule has 0 saturated heterocycles. The number of ether oxygens (including phenoxy) is 1. The number of alkyl halides is 2. The van der Waals surface area contributed by atoms with Crippen molar-refractivity contribution in [3.05, 3.63) is 29.8 Å². The van der Waals surface area contributed by atoms with Crippen LogP contribution in [0.15, 0.2) is 24.3 Å². The Morgan fingerprint density at radius 3 is 2.50 bits per heavy atom. The zero-order valence-corrected chi connectivity index (χ0v) is 11.4. The van der Waals surface area contributed by atoms with Crippen LogP contribution >= 0.6 is 0 Å². The first kappa shape index (κ1) is 16.4. The monoisotopic (exact) mass is 286 g/mol. The van der Waals surface area contributed by atoms with E-state index in [0.29, 0.717) is 13.1 Å². The fourth-order valence-corrected chi connectivity index (χ4v) is 1.83. The summed E-state index contributed by atoms with van der Waals surface area (Å²) in [6.07, 6.45) is 1.65. The molecule has 1 aromatic rings. The molecule has 3 N–H and O–H groups in total. The molecule has 4 nitrogen and oxygen atoms in total. The van der Waals surface area contributed by atoms with Crippen molar-refractivity contribution < 1.29 is 18.3 Å². The second-order valence-corrected chi connectivity index (χ2v) is 4.46. The fraction of sp³-hybridized carbons (Fsp3) is 0.500. The Bertz CT molecular complexity index is 410. The summed E-state index contributed by atoms with van der Waals surface area (Å²) in [5.74, 6) is -0.162. The van der Waals surface area contributed by atoms with Crippen molar-refractivity contribution in [1.82, 2.24) is 5.32 Å². The van der Waals surface area contributed by atoms with Gasteiger partial charge in [-0.05, 0) is 24.1 Å². The summed E-state index contributed by atoms with van der Waals surface area (Å²) in [7, 11) is 0. The van der Waals surface area contributed by atoms with Gasteiger partial charge in [0.15, 0.2) is 0 Å². The Morgan fingerprint density at radius 1 is 1.35 bits per heavy atom. The predicted octanol–water partition coefficient (Wildman–Crippen LogP) is 2.28. The average Bonchev–Trinajstić information content (AvgIpc) is 2.43. The van der Waals surface area contributed by atoms with Gasteiger partial charge < -0.3 is 15.8 Å². The third kappa shape index (κ3) is 5.52. The number of hydrogen-bond donors (Lipinski definition) is 2.